The van der Waals surface area contributed by atoms with Gasteiger partial charge in [0, 0.05) is 25.6 Å². The molecule has 0 saturated heterocycles. The molecule has 1 aliphatic carbocycles. The third-order valence-corrected chi connectivity index (χ3v) is 8.03. The second-order valence-corrected chi connectivity index (χ2v) is 9.99. The molecule has 6 nitrogen and oxygen atoms in total. The highest BCUT2D eigenvalue weighted by molar-refractivity contribution is 7.17. The number of hydrogen-bond acceptors (Lipinski definition) is 4. The number of amides is 1. The van der Waals surface area contributed by atoms with Crippen molar-refractivity contribution in [3.63, 3.8) is 0 Å². The fourth-order valence-corrected chi connectivity index (χ4v) is 5.89. The smallest absolute Gasteiger partial charge is 0.331 e. The standard InChI is InChI=1S/C26H33N3O3S/c1-4-27(5-2)24(30)20-12-10-19(11-13-20)16-29-25(31)23-22(14-15-33-23)28(26(29)32)17-21-9-7-6-8-18(21)3/h6-9,14-15,19-20H,4-5,10-13,16-17H2,1-3H3. The van der Waals surface area contributed by atoms with Crippen LogP contribution in [0.2, 0.25) is 0 Å². The molecule has 0 bridgehead atoms. The summed E-state index contributed by atoms with van der Waals surface area (Å²) in [6, 6.07) is 9.91. The average Bonchev–Trinajstić information content (AvgIpc) is 3.32. The van der Waals surface area contributed by atoms with E-state index in [1.807, 2.05) is 61.4 Å². The van der Waals surface area contributed by atoms with E-state index in [4.69, 9.17) is 0 Å². The van der Waals surface area contributed by atoms with Gasteiger partial charge in [-0.2, -0.15) is 0 Å². The van der Waals surface area contributed by atoms with Crippen molar-refractivity contribution in [2.45, 2.75) is 59.5 Å². The molecule has 0 spiro atoms. The summed E-state index contributed by atoms with van der Waals surface area (Å²) in [6.07, 6.45) is 3.38. The van der Waals surface area contributed by atoms with Gasteiger partial charge in [-0.1, -0.05) is 24.3 Å². The fraction of sp³-hybridized carbons (Fsp3) is 0.500. The summed E-state index contributed by atoms with van der Waals surface area (Å²) in [4.78, 5) is 41.3. The number of thiophene rings is 1. The molecule has 0 unspecified atom stereocenters. The highest BCUT2D eigenvalue weighted by Gasteiger charge is 2.29. The second kappa shape index (κ2) is 10.1. The summed E-state index contributed by atoms with van der Waals surface area (Å²) in [5.41, 5.74) is 2.49. The first-order valence-electron chi connectivity index (χ1n) is 12.0. The lowest BCUT2D eigenvalue weighted by Crippen LogP contribution is -2.42. The van der Waals surface area contributed by atoms with Gasteiger partial charge in [-0.05, 0) is 74.9 Å². The van der Waals surface area contributed by atoms with Crippen LogP contribution in [-0.2, 0) is 17.9 Å². The van der Waals surface area contributed by atoms with Crippen molar-refractivity contribution in [2.24, 2.45) is 11.8 Å². The average molecular weight is 468 g/mol. The van der Waals surface area contributed by atoms with Gasteiger partial charge in [0.15, 0.2) is 0 Å². The number of rotatable bonds is 7. The number of benzene rings is 1. The summed E-state index contributed by atoms with van der Waals surface area (Å²) >= 11 is 1.40. The van der Waals surface area contributed by atoms with E-state index >= 15 is 0 Å². The van der Waals surface area contributed by atoms with Gasteiger partial charge in [0.2, 0.25) is 5.91 Å². The van der Waals surface area contributed by atoms with Gasteiger partial charge in [0.05, 0.1) is 12.1 Å². The Labute approximate surface area is 198 Å². The fourth-order valence-electron chi connectivity index (χ4n) is 5.05. The van der Waals surface area contributed by atoms with Crippen LogP contribution >= 0.6 is 11.3 Å². The van der Waals surface area contributed by atoms with Crippen LogP contribution < -0.4 is 11.2 Å². The number of carbonyl (C=O) groups excluding carboxylic acids is 1. The predicted molar refractivity (Wildman–Crippen MR) is 134 cm³/mol. The molecule has 1 fully saturated rings. The zero-order chi connectivity index (χ0) is 23.5. The largest absolute Gasteiger partial charge is 0.343 e. The number of aryl methyl sites for hydroxylation is 1. The maximum absolute atomic E-state index is 13.5. The third kappa shape index (κ3) is 4.69. The Morgan fingerprint density at radius 2 is 1.73 bits per heavy atom. The molecule has 0 N–H and O–H groups in total. The first kappa shape index (κ1) is 23.5. The van der Waals surface area contributed by atoms with E-state index < -0.39 is 0 Å². The Morgan fingerprint density at radius 1 is 1.03 bits per heavy atom. The van der Waals surface area contributed by atoms with Crippen molar-refractivity contribution in [3.8, 4) is 0 Å². The van der Waals surface area contributed by atoms with Crippen molar-refractivity contribution in [1.29, 1.82) is 0 Å². The summed E-state index contributed by atoms with van der Waals surface area (Å²) in [5.74, 6) is 0.548. The van der Waals surface area contributed by atoms with Gasteiger partial charge in [-0.15, -0.1) is 11.3 Å². The molecule has 4 rings (SSSR count). The lowest BCUT2D eigenvalue weighted by atomic mass is 9.81. The Kier molecular flexibility index (Phi) is 7.17. The van der Waals surface area contributed by atoms with E-state index in [-0.39, 0.29) is 29.0 Å². The van der Waals surface area contributed by atoms with Gasteiger partial charge in [-0.25, -0.2) is 4.79 Å². The van der Waals surface area contributed by atoms with E-state index in [1.165, 1.54) is 15.9 Å². The van der Waals surface area contributed by atoms with Crippen LogP contribution in [-0.4, -0.2) is 33.0 Å². The number of carbonyl (C=O) groups is 1. The molecule has 0 atom stereocenters. The molecule has 1 amide bonds. The van der Waals surface area contributed by atoms with Gasteiger partial charge < -0.3 is 4.90 Å². The molecule has 33 heavy (non-hydrogen) atoms. The molecule has 2 heterocycles. The Morgan fingerprint density at radius 3 is 2.39 bits per heavy atom. The minimum Gasteiger partial charge on any atom is -0.343 e. The van der Waals surface area contributed by atoms with Gasteiger partial charge in [0.25, 0.3) is 5.56 Å². The summed E-state index contributed by atoms with van der Waals surface area (Å²) in [6.45, 7) is 8.43. The van der Waals surface area contributed by atoms with Crippen LogP contribution in [0.5, 0.6) is 0 Å². The zero-order valence-electron chi connectivity index (χ0n) is 19.8. The van der Waals surface area contributed by atoms with Crippen LogP contribution in [0.1, 0.15) is 50.7 Å². The molecule has 1 aromatic carbocycles. The molecule has 7 heteroatoms. The topological polar surface area (TPSA) is 64.3 Å². The van der Waals surface area contributed by atoms with Crippen LogP contribution in [0.3, 0.4) is 0 Å². The molecule has 0 aliphatic heterocycles. The molecule has 0 radical (unpaired) electrons. The minimum atomic E-state index is -0.240. The van der Waals surface area contributed by atoms with E-state index in [0.717, 1.165) is 49.9 Å². The lowest BCUT2D eigenvalue weighted by molar-refractivity contribution is -0.136. The van der Waals surface area contributed by atoms with Crippen LogP contribution in [0.4, 0.5) is 0 Å². The molecule has 3 aromatic rings. The van der Waals surface area contributed by atoms with Crippen LogP contribution in [0.25, 0.3) is 10.2 Å². The second-order valence-electron chi connectivity index (χ2n) is 9.07. The van der Waals surface area contributed by atoms with E-state index in [9.17, 15) is 14.4 Å². The van der Waals surface area contributed by atoms with Crippen molar-refractivity contribution in [3.05, 3.63) is 67.7 Å². The van der Waals surface area contributed by atoms with E-state index in [0.29, 0.717) is 23.3 Å². The molecular weight excluding hydrogens is 434 g/mol. The van der Waals surface area contributed by atoms with Gasteiger partial charge in [-0.3, -0.25) is 18.7 Å². The highest BCUT2D eigenvalue weighted by atomic mass is 32.1. The minimum absolute atomic E-state index is 0.0651. The quantitative estimate of drug-likeness (QED) is 0.522. The summed E-state index contributed by atoms with van der Waals surface area (Å²) < 4.78 is 3.81. The molecule has 1 aliphatic rings. The SMILES string of the molecule is CCN(CC)C(=O)C1CCC(Cn2c(=O)c3sccc3n(Cc3ccccc3C)c2=O)CC1. The monoisotopic (exact) mass is 467 g/mol. The van der Waals surface area contributed by atoms with Crippen molar-refractivity contribution < 1.29 is 4.79 Å². The lowest BCUT2D eigenvalue weighted by Gasteiger charge is -2.31. The molecule has 2 aromatic heterocycles. The predicted octanol–water partition coefficient (Wildman–Crippen LogP) is 4.26. The van der Waals surface area contributed by atoms with Gasteiger partial charge in [0.1, 0.15) is 4.70 Å². The van der Waals surface area contributed by atoms with E-state index in [2.05, 4.69) is 0 Å². The Bertz CT molecular complexity index is 1240. The van der Waals surface area contributed by atoms with E-state index in [1.54, 1.807) is 4.57 Å². The normalized spacial score (nSPS) is 18.5. The zero-order valence-corrected chi connectivity index (χ0v) is 20.6. The molecule has 176 valence electrons. The highest BCUT2D eigenvalue weighted by Crippen LogP contribution is 2.31. The Hall–Kier alpha value is -2.67. The number of fused-ring (bicyclic) bond motifs is 1. The number of nitrogens with zero attached hydrogens (tertiary/aromatic N) is 3. The first-order valence-corrected chi connectivity index (χ1v) is 12.9. The van der Waals surface area contributed by atoms with Crippen molar-refractivity contribution in [2.75, 3.05) is 13.1 Å². The third-order valence-electron chi connectivity index (χ3n) is 7.14. The van der Waals surface area contributed by atoms with Crippen LogP contribution in [0.15, 0.2) is 45.3 Å². The summed E-state index contributed by atoms with van der Waals surface area (Å²) in [5, 5.41) is 1.88. The number of aromatic nitrogens is 2. The van der Waals surface area contributed by atoms with Crippen LogP contribution in [0, 0.1) is 18.8 Å². The maximum Gasteiger partial charge on any atom is 0.331 e. The Balaban J connectivity index is 1.58. The van der Waals surface area contributed by atoms with Crippen molar-refractivity contribution in [1.82, 2.24) is 14.0 Å². The molecule has 1 saturated carbocycles. The van der Waals surface area contributed by atoms with Gasteiger partial charge >= 0.3 is 5.69 Å². The first-order chi connectivity index (χ1) is 15.9. The molecular formula is C26H33N3O3S. The summed E-state index contributed by atoms with van der Waals surface area (Å²) in [7, 11) is 0. The van der Waals surface area contributed by atoms with Crippen molar-refractivity contribution >= 4 is 27.5 Å². The maximum atomic E-state index is 13.5. The number of hydrogen-bond donors (Lipinski definition) is 0.